The van der Waals surface area contributed by atoms with Gasteiger partial charge in [-0.15, -0.1) is 11.3 Å². The van der Waals surface area contributed by atoms with E-state index in [2.05, 4.69) is 10.6 Å². The Hall–Kier alpha value is -3.21. The number of carbonyl (C=O) groups excluding carboxylic acids is 2. The molecule has 0 radical (unpaired) electrons. The quantitative estimate of drug-likeness (QED) is 0.215. The summed E-state index contributed by atoms with van der Waals surface area (Å²) in [5, 5.41) is 15.8. The van der Waals surface area contributed by atoms with Crippen LogP contribution in [-0.2, 0) is 16.1 Å². The SMILES string of the molecule is Cc1ccc(NC(=O)CSc2nc3c(sc4ccccc43)c(=O)n2CCCC(=O)NCCO)cc1C. The van der Waals surface area contributed by atoms with Gasteiger partial charge in [-0.25, -0.2) is 4.98 Å². The molecule has 0 bridgehead atoms. The van der Waals surface area contributed by atoms with Crippen molar-refractivity contribution < 1.29 is 14.7 Å². The fourth-order valence-electron chi connectivity index (χ4n) is 3.79. The highest BCUT2D eigenvalue weighted by atomic mass is 32.2. The predicted molar refractivity (Wildman–Crippen MR) is 146 cm³/mol. The van der Waals surface area contributed by atoms with Gasteiger partial charge in [-0.05, 0) is 49.6 Å². The van der Waals surface area contributed by atoms with E-state index in [1.165, 1.54) is 23.1 Å². The summed E-state index contributed by atoms with van der Waals surface area (Å²) in [5.41, 5.74) is 3.43. The summed E-state index contributed by atoms with van der Waals surface area (Å²) >= 11 is 2.61. The Morgan fingerprint density at radius 1 is 1.11 bits per heavy atom. The number of benzene rings is 2. The zero-order valence-electron chi connectivity index (χ0n) is 20.2. The first-order valence-corrected chi connectivity index (χ1v) is 13.5. The number of anilines is 1. The van der Waals surface area contributed by atoms with Crippen LogP contribution in [0.15, 0.2) is 52.4 Å². The number of aliphatic hydroxyl groups is 1. The van der Waals surface area contributed by atoms with Crippen LogP contribution in [0.4, 0.5) is 5.69 Å². The topological polar surface area (TPSA) is 113 Å². The molecule has 0 unspecified atom stereocenters. The maximum absolute atomic E-state index is 13.5. The Morgan fingerprint density at radius 2 is 1.92 bits per heavy atom. The molecule has 0 aliphatic carbocycles. The first-order valence-electron chi connectivity index (χ1n) is 11.7. The number of hydrogen-bond donors (Lipinski definition) is 3. The molecule has 2 aromatic heterocycles. The Kier molecular flexibility index (Phi) is 8.40. The number of hydrogen-bond acceptors (Lipinski definition) is 7. The molecule has 36 heavy (non-hydrogen) atoms. The summed E-state index contributed by atoms with van der Waals surface area (Å²) in [7, 11) is 0. The van der Waals surface area contributed by atoms with Crippen LogP contribution in [0.25, 0.3) is 20.3 Å². The number of thiophene rings is 1. The number of rotatable bonds is 10. The Morgan fingerprint density at radius 3 is 2.69 bits per heavy atom. The Bertz CT molecular complexity index is 1480. The van der Waals surface area contributed by atoms with Crippen molar-refractivity contribution in [2.75, 3.05) is 24.2 Å². The number of aromatic nitrogens is 2. The van der Waals surface area contributed by atoms with Gasteiger partial charge >= 0.3 is 0 Å². The molecule has 0 fully saturated rings. The van der Waals surface area contributed by atoms with Gasteiger partial charge in [0.15, 0.2) is 5.16 Å². The smallest absolute Gasteiger partial charge is 0.272 e. The van der Waals surface area contributed by atoms with Gasteiger partial charge in [0, 0.05) is 35.3 Å². The molecule has 4 rings (SSSR count). The molecule has 0 saturated heterocycles. The molecule has 2 aromatic carbocycles. The third-order valence-electron chi connectivity index (χ3n) is 5.79. The maximum Gasteiger partial charge on any atom is 0.272 e. The van der Waals surface area contributed by atoms with E-state index in [1.54, 1.807) is 4.57 Å². The molecule has 0 spiro atoms. The van der Waals surface area contributed by atoms with Crippen LogP contribution in [0.5, 0.6) is 0 Å². The molecule has 8 nitrogen and oxygen atoms in total. The van der Waals surface area contributed by atoms with E-state index in [0.717, 1.165) is 26.9 Å². The van der Waals surface area contributed by atoms with Crippen molar-refractivity contribution in [1.82, 2.24) is 14.9 Å². The third kappa shape index (κ3) is 5.95. The van der Waals surface area contributed by atoms with Crippen molar-refractivity contribution in [3.8, 4) is 0 Å². The average molecular weight is 525 g/mol. The van der Waals surface area contributed by atoms with E-state index in [1.807, 2.05) is 56.3 Å². The van der Waals surface area contributed by atoms with Gasteiger partial charge in [-0.2, -0.15) is 0 Å². The lowest BCUT2D eigenvalue weighted by Crippen LogP contribution is -2.27. The molecule has 0 aliphatic heterocycles. The highest BCUT2D eigenvalue weighted by molar-refractivity contribution is 7.99. The normalized spacial score (nSPS) is 11.2. The molecule has 10 heteroatoms. The lowest BCUT2D eigenvalue weighted by molar-refractivity contribution is -0.121. The van der Waals surface area contributed by atoms with Crippen molar-refractivity contribution in [1.29, 1.82) is 0 Å². The van der Waals surface area contributed by atoms with Gasteiger partial charge < -0.3 is 15.7 Å². The van der Waals surface area contributed by atoms with Crippen molar-refractivity contribution in [2.45, 2.75) is 38.4 Å². The van der Waals surface area contributed by atoms with Gasteiger partial charge in [0.05, 0.1) is 17.9 Å². The van der Waals surface area contributed by atoms with Crippen molar-refractivity contribution in [2.24, 2.45) is 0 Å². The van der Waals surface area contributed by atoms with Gasteiger partial charge in [0.2, 0.25) is 11.8 Å². The first kappa shape index (κ1) is 25.9. The van der Waals surface area contributed by atoms with Gasteiger partial charge in [-0.1, -0.05) is 36.0 Å². The summed E-state index contributed by atoms with van der Waals surface area (Å²) in [6.07, 6.45) is 0.645. The van der Waals surface area contributed by atoms with E-state index in [4.69, 9.17) is 10.1 Å². The highest BCUT2D eigenvalue weighted by Gasteiger charge is 2.17. The average Bonchev–Trinajstić information content (AvgIpc) is 3.24. The molecule has 188 valence electrons. The number of nitrogens with one attached hydrogen (secondary N) is 2. The lowest BCUT2D eigenvalue weighted by atomic mass is 10.1. The third-order valence-corrected chi connectivity index (χ3v) is 7.91. The lowest BCUT2D eigenvalue weighted by Gasteiger charge is -2.12. The zero-order chi connectivity index (χ0) is 25.7. The van der Waals surface area contributed by atoms with Gasteiger partial charge in [0.1, 0.15) is 4.70 Å². The second-order valence-electron chi connectivity index (χ2n) is 8.44. The summed E-state index contributed by atoms with van der Waals surface area (Å²) in [4.78, 5) is 42.9. The molecule has 0 saturated carbocycles. The summed E-state index contributed by atoms with van der Waals surface area (Å²) in [5.74, 6) is -0.290. The standard InChI is InChI=1S/C26H28N4O4S2/c1-16-9-10-18(14-17(16)2)28-22(33)15-35-26-29-23-19-6-3-4-7-20(19)36-24(23)25(34)30(26)12-5-8-21(32)27-11-13-31/h3-4,6-7,9-10,14,31H,5,8,11-13,15H2,1-2H3,(H,27,32)(H,28,33). The number of thioether (sulfide) groups is 1. The second-order valence-corrected chi connectivity index (χ2v) is 10.4. The van der Waals surface area contributed by atoms with Crippen LogP contribution in [0, 0.1) is 13.8 Å². The first-order chi connectivity index (χ1) is 17.4. The number of amides is 2. The molecular formula is C26H28N4O4S2. The van der Waals surface area contributed by atoms with Crippen LogP contribution in [0.1, 0.15) is 24.0 Å². The fourth-order valence-corrected chi connectivity index (χ4v) is 5.70. The van der Waals surface area contributed by atoms with E-state index in [9.17, 15) is 14.4 Å². The summed E-state index contributed by atoms with van der Waals surface area (Å²) < 4.78 is 3.09. The Labute approximate surface area is 216 Å². The molecule has 2 heterocycles. The van der Waals surface area contributed by atoms with Crippen LogP contribution < -0.4 is 16.2 Å². The molecule has 3 N–H and O–H groups in total. The van der Waals surface area contributed by atoms with Crippen molar-refractivity contribution in [3.05, 3.63) is 63.9 Å². The molecule has 2 amide bonds. The predicted octanol–water partition coefficient (Wildman–Crippen LogP) is 3.85. The minimum atomic E-state index is -0.192. The van der Waals surface area contributed by atoms with E-state index < -0.39 is 0 Å². The minimum absolute atomic E-state index is 0.0872. The van der Waals surface area contributed by atoms with E-state index in [-0.39, 0.29) is 42.7 Å². The van der Waals surface area contributed by atoms with Gasteiger partial charge in [-0.3, -0.25) is 19.0 Å². The van der Waals surface area contributed by atoms with Crippen molar-refractivity contribution >= 4 is 60.9 Å². The molecular weight excluding hydrogens is 496 g/mol. The van der Waals surface area contributed by atoms with Crippen LogP contribution >= 0.6 is 23.1 Å². The van der Waals surface area contributed by atoms with Crippen LogP contribution in [-0.4, -0.2) is 45.4 Å². The number of aliphatic hydroxyl groups excluding tert-OH is 1. The number of fused-ring (bicyclic) bond motifs is 3. The maximum atomic E-state index is 13.5. The van der Waals surface area contributed by atoms with E-state index >= 15 is 0 Å². The highest BCUT2D eigenvalue weighted by Crippen LogP contribution is 2.32. The largest absolute Gasteiger partial charge is 0.395 e. The summed E-state index contributed by atoms with van der Waals surface area (Å²) in [6, 6.07) is 13.5. The number of carbonyl (C=O) groups is 2. The monoisotopic (exact) mass is 524 g/mol. The Balaban J connectivity index is 1.57. The number of aryl methyl sites for hydroxylation is 2. The summed E-state index contributed by atoms with van der Waals surface area (Å²) in [6.45, 7) is 4.38. The fraction of sp³-hybridized carbons (Fsp3) is 0.308. The van der Waals surface area contributed by atoms with Crippen molar-refractivity contribution in [3.63, 3.8) is 0 Å². The van der Waals surface area contributed by atoms with Gasteiger partial charge in [0.25, 0.3) is 5.56 Å². The zero-order valence-corrected chi connectivity index (χ0v) is 21.8. The number of nitrogens with zero attached hydrogens (tertiary/aromatic N) is 2. The molecule has 0 aliphatic rings. The minimum Gasteiger partial charge on any atom is -0.395 e. The second kappa shape index (κ2) is 11.7. The van der Waals surface area contributed by atoms with E-state index in [0.29, 0.717) is 28.3 Å². The van der Waals surface area contributed by atoms with Crippen LogP contribution in [0.3, 0.4) is 0 Å². The van der Waals surface area contributed by atoms with Crippen LogP contribution in [0.2, 0.25) is 0 Å². The molecule has 0 atom stereocenters. The molecule has 4 aromatic rings.